The fourth-order valence-electron chi connectivity index (χ4n) is 4.50. The van der Waals surface area contributed by atoms with Gasteiger partial charge in [-0.1, -0.05) is 18.2 Å². The lowest BCUT2D eigenvalue weighted by atomic mass is 9.78. The molecule has 2 N–H and O–H groups in total. The molecule has 0 fully saturated rings. The van der Waals surface area contributed by atoms with Crippen LogP contribution in [0.3, 0.4) is 0 Å². The van der Waals surface area contributed by atoms with Crippen molar-refractivity contribution in [2.24, 2.45) is 5.92 Å². The molecule has 0 spiro atoms. The van der Waals surface area contributed by atoms with E-state index in [1.165, 1.54) is 12.1 Å². The third kappa shape index (κ3) is 4.20. The Labute approximate surface area is 211 Å². The Morgan fingerprint density at radius 1 is 1.17 bits per heavy atom. The van der Waals surface area contributed by atoms with Crippen LogP contribution in [0.1, 0.15) is 32.4 Å². The number of benzene rings is 2. The van der Waals surface area contributed by atoms with Crippen molar-refractivity contribution >= 4 is 17.2 Å². The SMILES string of the molecule is COc1cc(C2c3c(n[nH]c3-c3cc(C)sc3C)OC(=N)C2C#N)ccc1OCc1ccc(F)cc1. The van der Waals surface area contributed by atoms with Gasteiger partial charge in [0.05, 0.1) is 24.4 Å². The third-order valence-electron chi connectivity index (χ3n) is 6.21. The van der Waals surface area contributed by atoms with Crippen LogP contribution in [-0.4, -0.2) is 23.2 Å². The second-order valence-electron chi connectivity index (χ2n) is 8.52. The molecule has 0 saturated heterocycles. The van der Waals surface area contributed by atoms with Crippen LogP contribution in [0.2, 0.25) is 0 Å². The third-order valence-corrected chi connectivity index (χ3v) is 7.17. The number of ether oxygens (including phenoxy) is 3. The van der Waals surface area contributed by atoms with E-state index in [1.807, 2.05) is 26.0 Å². The van der Waals surface area contributed by atoms with Crippen molar-refractivity contribution in [2.45, 2.75) is 26.4 Å². The van der Waals surface area contributed by atoms with E-state index in [0.717, 1.165) is 37.7 Å². The highest BCUT2D eigenvalue weighted by Crippen LogP contribution is 2.48. The fourth-order valence-corrected chi connectivity index (χ4v) is 5.43. The number of H-pyrrole nitrogens is 1. The molecule has 0 amide bonds. The van der Waals surface area contributed by atoms with Crippen LogP contribution in [-0.2, 0) is 6.61 Å². The number of aromatic nitrogens is 2. The minimum absolute atomic E-state index is 0.151. The number of thiophene rings is 1. The molecule has 9 heteroatoms. The molecule has 7 nitrogen and oxygen atoms in total. The first-order valence-electron chi connectivity index (χ1n) is 11.3. The molecular weight excluding hydrogens is 479 g/mol. The quantitative estimate of drug-likeness (QED) is 0.330. The van der Waals surface area contributed by atoms with Gasteiger partial charge in [0.25, 0.3) is 0 Å². The lowest BCUT2D eigenvalue weighted by Gasteiger charge is -2.28. The van der Waals surface area contributed by atoms with Crippen molar-refractivity contribution in [2.75, 3.05) is 7.11 Å². The molecule has 2 aromatic heterocycles. The molecule has 1 aliphatic heterocycles. The zero-order valence-corrected chi connectivity index (χ0v) is 20.7. The van der Waals surface area contributed by atoms with Gasteiger partial charge in [0.15, 0.2) is 11.5 Å². The normalized spacial score (nSPS) is 16.7. The number of nitrogens with one attached hydrogen (secondary N) is 2. The van der Waals surface area contributed by atoms with E-state index in [1.54, 1.807) is 36.6 Å². The Morgan fingerprint density at radius 3 is 2.61 bits per heavy atom. The van der Waals surface area contributed by atoms with Crippen LogP contribution in [0.25, 0.3) is 11.3 Å². The number of aryl methyl sites for hydroxylation is 2. The maximum atomic E-state index is 13.2. The van der Waals surface area contributed by atoms with Gasteiger partial charge < -0.3 is 14.2 Å². The summed E-state index contributed by atoms with van der Waals surface area (Å²) in [5.74, 6) is -0.506. The fraction of sp³-hybridized carbons (Fsp3) is 0.222. The minimum atomic E-state index is -0.843. The number of fused-ring (bicyclic) bond motifs is 1. The lowest BCUT2D eigenvalue weighted by Crippen LogP contribution is -2.30. The smallest absolute Gasteiger partial charge is 0.244 e. The van der Waals surface area contributed by atoms with E-state index >= 15 is 0 Å². The van der Waals surface area contributed by atoms with Crippen LogP contribution in [0, 0.1) is 42.3 Å². The van der Waals surface area contributed by atoms with E-state index < -0.39 is 11.8 Å². The van der Waals surface area contributed by atoms with Gasteiger partial charge in [-0.15, -0.1) is 16.4 Å². The second-order valence-corrected chi connectivity index (χ2v) is 9.98. The number of methoxy groups -OCH3 is 1. The Hall–Kier alpha value is -4.16. The first-order valence-corrected chi connectivity index (χ1v) is 12.1. The zero-order valence-electron chi connectivity index (χ0n) is 19.9. The molecule has 0 aliphatic carbocycles. The summed E-state index contributed by atoms with van der Waals surface area (Å²) in [5, 5.41) is 25.8. The molecule has 0 saturated carbocycles. The number of rotatable bonds is 6. The van der Waals surface area contributed by atoms with Crippen molar-refractivity contribution < 1.29 is 18.6 Å². The van der Waals surface area contributed by atoms with Gasteiger partial charge in [0.1, 0.15) is 18.3 Å². The second kappa shape index (κ2) is 9.47. The number of halogens is 1. The number of nitrogens with zero attached hydrogens (tertiary/aromatic N) is 2. The van der Waals surface area contributed by atoms with E-state index in [0.29, 0.717) is 17.4 Å². The molecule has 5 rings (SSSR count). The van der Waals surface area contributed by atoms with Crippen LogP contribution in [0.4, 0.5) is 4.39 Å². The Bertz CT molecular complexity index is 1490. The molecule has 182 valence electrons. The monoisotopic (exact) mass is 502 g/mol. The maximum Gasteiger partial charge on any atom is 0.244 e. The summed E-state index contributed by atoms with van der Waals surface area (Å²) in [6.07, 6.45) is 0. The molecule has 4 aromatic rings. The summed E-state index contributed by atoms with van der Waals surface area (Å²) in [6.45, 7) is 4.33. The van der Waals surface area contributed by atoms with E-state index in [4.69, 9.17) is 19.6 Å². The minimum Gasteiger partial charge on any atom is -0.493 e. The number of nitriles is 1. The molecule has 1 aliphatic rings. The summed E-state index contributed by atoms with van der Waals surface area (Å²) >= 11 is 1.68. The first kappa shape index (κ1) is 23.6. The Kier molecular flexibility index (Phi) is 6.20. The van der Waals surface area contributed by atoms with Gasteiger partial charge in [-0.2, -0.15) is 5.26 Å². The first-order chi connectivity index (χ1) is 17.4. The van der Waals surface area contributed by atoms with Crippen LogP contribution in [0.5, 0.6) is 17.4 Å². The molecule has 2 unspecified atom stereocenters. The summed E-state index contributed by atoms with van der Waals surface area (Å²) in [6, 6.07) is 15.9. The van der Waals surface area contributed by atoms with Gasteiger partial charge in [-0.3, -0.25) is 10.5 Å². The van der Waals surface area contributed by atoms with Gasteiger partial charge in [-0.25, -0.2) is 4.39 Å². The van der Waals surface area contributed by atoms with Gasteiger partial charge in [0.2, 0.25) is 11.8 Å². The largest absolute Gasteiger partial charge is 0.493 e. The summed E-state index contributed by atoms with van der Waals surface area (Å²) in [4.78, 5) is 2.28. The number of aromatic amines is 1. The maximum absolute atomic E-state index is 13.2. The van der Waals surface area contributed by atoms with Crippen LogP contribution >= 0.6 is 11.3 Å². The van der Waals surface area contributed by atoms with E-state index in [2.05, 4.69) is 22.3 Å². The molecule has 0 radical (unpaired) electrons. The summed E-state index contributed by atoms with van der Waals surface area (Å²) in [5.41, 5.74) is 4.10. The van der Waals surface area contributed by atoms with E-state index in [-0.39, 0.29) is 18.3 Å². The summed E-state index contributed by atoms with van der Waals surface area (Å²) < 4.78 is 30.4. The van der Waals surface area contributed by atoms with Gasteiger partial charge in [0, 0.05) is 21.2 Å². The predicted molar refractivity (Wildman–Crippen MR) is 134 cm³/mol. The standard InChI is InChI=1S/C27H23FN4O3S/c1-14-10-19(15(2)36-14)25-24-23(20(12-29)26(30)35-27(24)32-31-25)17-6-9-21(22(11-17)33-3)34-13-16-4-7-18(28)8-5-16/h4-11,20,23,30H,13H2,1-3H3,(H,31,32). The Morgan fingerprint density at radius 2 is 1.94 bits per heavy atom. The van der Waals surface area contributed by atoms with Crippen molar-refractivity contribution in [1.29, 1.82) is 10.7 Å². The molecule has 2 atom stereocenters. The van der Waals surface area contributed by atoms with Gasteiger partial charge >= 0.3 is 0 Å². The lowest BCUT2D eigenvalue weighted by molar-refractivity contribution is 0.284. The van der Waals surface area contributed by atoms with Crippen molar-refractivity contribution in [3.05, 3.63) is 80.8 Å². The van der Waals surface area contributed by atoms with Crippen molar-refractivity contribution in [1.82, 2.24) is 10.2 Å². The highest BCUT2D eigenvalue weighted by atomic mass is 32.1. The zero-order chi connectivity index (χ0) is 25.4. The van der Waals surface area contributed by atoms with Crippen LogP contribution in [0.15, 0.2) is 48.5 Å². The highest BCUT2D eigenvalue weighted by Gasteiger charge is 2.41. The van der Waals surface area contributed by atoms with Crippen LogP contribution < -0.4 is 14.2 Å². The van der Waals surface area contributed by atoms with Gasteiger partial charge in [-0.05, 0) is 55.3 Å². The average Bonchev–Trinajstić information content (AvgIpc) is 3.44. The predicted octanol–water partition coefficient (Wildman–Crippen LogP) is 6.12. The molecule has 3 heterocycles. The molecule has 0 bridgehead atoms. The van der Waals surface area contributed by atoms with E-state index in [9.17, 15) is 9.65 Å². The van der Waals surface area contributed by atoms with Crippen molar-refractivity contribution in [3.8, 4) is 34.7 Å². The average molecular weight is 503 g/mol. The van der Waals surface area contributed by atoms with Crippen molar-refractivity contribution in [3.63, 3.8) is 0 Å². The molecule has 36 heavy (non-hydrogen) atoms. The molecular formula is C27H23FN4O3S. The Balaban J connectivity index is 1.55. The number of hydrogen-bond acceptors (Lipinski definition) is 7. The highest BCUT2D eigenvalue weighted by molar-refractivity contribution is 7.12. The summed E-state index contributed by atoms with van der Waals surface area (Å²) in [7, 11) is 1.55. The topological polar surface area (TPSA) is 104 Å². The molecule has 2 aromatic carbocycles. The number of hydrogen-bond donors (Lipinski definition) is 2.